The van der Waals surface area contributed by atoms with Gasteiger partial charge in [-0.15, -0.1) is 0 Å². The molecule has 0 bridgehead atoms. The first-order valence-electron chi connectivity index (χ1n) is 6.45. The molecule has 0 radical (unpaired) electrons. The second kappa shape index (κ2) is 4.90. The zero-order valence-corrected chi connectivity index (χ0v) is 11.1. The number of pyridine rings is 1. The van der Waals surface area contributed by atoms with E-state index in [-0.39, 0.29) is 6.04 Å². The van der Waals surface area contributed by atoms with Crippen molar-refractivity contribution in [3.05, 3.63) is 59.9 Å². The summed E-state index contributed by atoms with van der Waals surface area (Å²) in [6, 6.07) is 10.1. The number of nitrogens with one attached hydrogen (secondary N) is 1. The van der Waals surface area contributed by atoms with Crippen LogP contribution in [0.1, 0.15) is 30.1 Å². The Kier molecular flexibility index (Phi) is 3.09. The summed E-state index contributed by atoms with van der Waals surface area (Å²) in [7, 11) is 0. The molecule has 1 atom stereocenters. The van der Waals surface area contributed by atoms with Crippen LogP contribution in [0.25, 0.3) is 5.65 Å². The Bertz CT molecular complexity index is 670. The van der Waals surface area contributed by atoms with Crippen molar-refractivity contribution in [3.8, 4) is 0 Å². The maximum atomic E-state index is 5.40. The Morgan fingerprint density at radius 2 is 2.21 bits per heavy atom. The topological polar surface area (TPSA) is 42.5 Å². The molecular weight excluding hydrogens is 238 g/mol. The lowest BCUT2D eigenvalue weighted by Crippen LogP contribution is -2.19. The quantitative estimate of drug-likeness (QED) is 0.779. The van der Waals surface area contributed by atoms with Crippen molar-refractivity contribution >= 4 is 5.65 Å². The first-order chi connectivity index (χ1) is 9.25. The number of furan rings is 1. The minimum atomic E-state index is 0.184. The number of rotatable bonds is 4. The first-order valence-corrected chi connectivity index (χ1v) is 6.45. The molecule has 0 aromatic carbocycles. The van der Waals surface area contributed by atoms with Crippen LogP contribution in [0.5, 0.6) is 0 Å². The van der Waals surface area contributed by atoms with Crippen LogP contribution >= 0.6 is 0 Å². The summed E-state index contributed by atoms with van der Waals surface area (Å²) in [6.07, 6.45) is 3.75. The lowest BCUT2D eigenvalue weighted by molar-refractivity contribution is 0.428. The monoisotopic (exact) mass is 255 g/mol. The van der Waals surface area contributed by atoms with Crippen LogP contribution in [0.15, 0.2) is 47.2 Å². The molecule has 3 aromatic rings. The Hall–Kier alpha value is -2.07. The third kappa shape index (κ3) is 2.27. The molecule has 0 amide bonds. The van der Waals surface area contributed by atoms with Gasteiger partial charge in [0, 0.05) is 12.7 Å². The van der Waals surface area contributed by atoms with Gasteiger partial charge in [0.15, 0.2) is 0 Å². The van der Waals surface area contributed by atoms with Gasteiger partial charge < -0.3 is 14.1 Å². The van der Waals surface area contributed by atoms with E-state index in [1.807, 2.05) is 43.5 Å². The smallest absolute Gasteiger partial charge is 0.137 e. The maximum Gasteiger partial charge on any atom is 0.137 e. The first kappa shape index (κ1) is 12.0. The predicted octanol–water partition coefficient (Wildman–Crippen LogP) is 3.09. The van der Waals surface area contributed by atoms with Gasteiger partial charge in [-0.25, -0.2) is 4.98 Å². The molecule has 4 nitrogen and oxygen atoms in total. The molecule has 0 aliphatic heterocycles. The third-order valence-electron chi connectivity index (χ3n) is 3.37. The number of hydrogen-bond donors (Lipinski definition) is 1. The van der Waals surface area contributed by atoms with Crippen molar-refractivity contribution in [1.29, 1.82) is 0 Å². The molecule has 4 heteroatoms. The summed E-state index contributed by atoms with van der Waals surface area (Å²) >= 11 is 0. The molecule has 0 fully saturated rings. The highest BCUT2D eigenvalue weighted by Gasteiger charge is 2.11. The fourth-order valence-electron chi connectivity index (χ4n) is 2.27. The van der Waals surface area contributed by atoms with Gasteiger partial charge in [-0.1, -0.05) is 6.07 Å². The van der Waals surface area contributed by atoms with E-state index in [2.05, 4.69) is 21.6 Å². The van der Waals surface area contributed by atoms with Gasteiger partial charge >= 0.3 is 0 Å². The Balaban J connectivity index is 1.80. The van der Waals surface area contributed by atoms with Crippen LogP contribution in [-0.2, 0) is 6.54 Å². The molecule has 3 aromatic heterocycles. The van der Waals surface area contributed by atoms with E-state index >= 15 is 0 Å². The van der Waals surface area contributed by atoms with Crippen molar-refractivity contribution in [2.24, 2.45) is 0 Å². The van der Waals surface area contributed by atoms with Crippen molar-refractivity contribution in [1.82, 2.24) is 14.7 Å². The second-order valence-electron chi connectivity index (χ2n) is 4.69. The number of fused-ring (bicyclic) bond motifs is 1. The average Bonchev–Trinajstić information content (AvgIpc) is 3.03. The molecule has 0 saturated heterocycles. The summed E-state index contributed by atoms with van der Waals surface area (Å²) in [5.41, 5.74) is 3.24. The van der Waals surface area contributed by atoms with Crippen LogP contribution in [-0.4, -0.2) is 9.38 Å². The number of aromatic nitrogens is 2. The van der Waals surface area contributed by atoms with Crippen LogP contribution < -0.4 is 5.32 Å². The zero-order valence-electron chi connectivity index (χ0n) is 11.1. The number of aryl methyl sites for hydroxylation is 1. The third-order valence-corrected chi connectivity index (χ3v) is 3.37. The number of hydrogen-bond acceptors (Lipinski definition) is 3. The molecule has 1 N–H and O–H groups in total. The second-order valence-corrected chi connectivity index (χ2v) is 4.69. The molecule has 0 saturated carbocycles. The van der Waals surface area contributed by atoms with Gasteiger partial charge in [-0.05, 0) is 38.1 Å². The van der Waals surface area contributed by atoms with Crippen LogP contribution in [0.4, 0.5) is 0 Å². The van der Waals surface area contributed by atoms with Gasteiger partial charge in [-0.3, -0.25) is 0 Å². The van der Waals surface area contributed by atoms with Crippen molar-refractivity contribution < 1.29 is 4.42 Å². The molecule has 0 spiro atoms. The minimum Gasteiger partial charge on any atom is -0.468 e. The molecular formula is C15H17N3O. The summed E-state index contributed by atoms with van der Waals surface area (Å²) in [6.45, 7) is 4.90. The van der Waals surface area contributed by atoms with E-state index in [1.165, 1.54) is 5.69 Å². The van der Waals surface area contributed by atoms with Gasteiger partial charge in [-0.2, -0.15) is 0 Å². The van der Waals surface area contributed by atoms with Crippen molar-refractivity contribution in [2.45, 2.75) is 26.4 Å². The maximum absolute atomic E-state index is 5.40. The number of nitrogens with zero attached hydrogens (tertiary/aromatic N) is 2. The molecule has 98 valence electrons. The minimum absolute atomic E-state index is 0.184. The highest BCUT2D eigenvalue weighted by molar-refractivity contribution is 5.42. The SMILES string of the molecule is Cc1nc2ccccn2c1CN[C@H](C)c1ccco1. The van der Waals surface area contributed by atoms with Crippen molar-refractivity contribution in [2.75, 3.05) is 0 Å². The van der Waals surface area contributed by atoms with Gasteiger partial charge in [0.2, 0.25) is 0 Å². The molecule has 0 aliphatic carbocycles. The normalized spacial score (nSPS) is 12.9. The summed E-state index contributed by atoms with van der Waals surface area (Å²) in [4.78, 5) is 4.55. The molecule has 3 rings (SSSR count). The Morgan fingerprint density at radius 3 is 3.00 bits per heavy atom. The Morgan fingerprint density at radius 1 is 1.32 bits per heavy atom. The average molecular weight is 255 g/mol. The summed E-state index contributed by atoms with van der Waals surface area (Å²) in [5.74, 6) is 0.950. The van der Waals surface area contributed by atoms with E-state index < -0.39 is 0 Å². The fourth-order valence-corrected chi connectivity index (χ4v) is 2.27. The highest BCUT2D eigenvalue weighted by atomic mass is 16.3. The van der Waals surface area contributed by atoms with Crippen LogP contribution in [0.2, 0.25) is 0 Å². The van der Waals surface area contributed by atoms with Gasteiger partial charge in [0.25, 0.3) is 0 Å². The van der Waals surface area contributed by atoms with E-state index in [0.29, 0.717) is 0 Å². The molecule has 0 aliphatic rings. The van der Waals surface area contributed by atoms with E-state index in [0.717, 1.165) is 23.6 Å². The summed E-state index contributed by atoms with van der Waals surface area (Å²) < 4.78 is 7.52. The van der Waals surface area contributed by atoms with Gasteiger partial charge in [0.1, 0.15) is 11.4 Å². The van der Waals surface area contributed by atoms with Gasteiger partial charge in [0.05, 0.1) is 23.7 Å². The summed E-state index contributed by atoms with van der Waals surface area (Å²) in [5, 5.41) is 3.47. The van der Waals surface area contributed by atoms with Crippen LogP contribution in [0, 0.1) is 6.92 Å². The standard InChI is InChI=1S/C15H17N3O/c1-11-13(18-8-4-3-7-15(18)17-11)10-16-12(2)14-6-5-9-19-14/h3-9,12,16H,10H2,1-2H3/t12-/m1/s1. The number of imidazole rings is 1. The van der Waals surface area contributed by atoms with Crippen LogP contribution in [0.3, 0.4) is 0 Å². The van der Waals surface area contributed by atoms with Crippen molar-refractivity contribution in [3.63, 3.8) is 0 Å². The molecule has 0 unspecified atom stereocenters. The predicted molar refractivity (Wildman–Crippen MR) is 73.9 cm³/mol. The molecule has 19 heavy (non-hydrogen) atoms. The van der Waals surface area contributed by atoms with E-state index in [9.17, 15) is 0 Å². The Labute approximate surface area is 112 Å². The largest absolute Gasteiger partial charge is 0.468 e. The lowest BCUT2D eigenvalue weighted by atomic mass is 10.2. The zero-order chi connectivity index (χ0) is 13.2. The lowest BCUT2D eigenvalue weighted by Gasteiger charge is -2.11. The van der Waals surface area contributed by atoms with E-state index in [1.54, 1.807) is 6.26 Å². The highest BCUT2D eigenvalue weighted by Crippen LogP contribution is 2.15. The fraction of sp³-hybridized carbons (Fsp3) is 0.267. The van der Waals surface area contributed by atoms with E-state index in [4.69, 9.17) is 4.42 Å². The molecule has 3 heterocycles.